The highest BCUT2D eigenvalue weighted by Gasteiger charge is 2.31. The largest absolute Gasteiger partial charge is 0.416 e. The van der Waals surface area contributed by atoms with Gasteiger partial charge in [-0.1, -0.05) is 41.9 Å². The molecule has 0 aromatic heterocycles. The summed E-state index contributed by atoms with van der Waals surface area (Å²) >= 11 is 5.82. The molecule has 3 rings (SSSR count). The fourth-order valence-electron chi connectivity index (χ4n) is 2.69. The van der Waals surface area contributed by atoms with Gasteiger partial charge in [-0.15, -0.1) is 0 Å². The van der Waals surface area contributed by atoms with Crippen LogP contribution in [0.15, 0.2) is 77.7 Å². The Hall–Kier alpha value is -3.04. The maximum absolute atomic E-state index is 12.9. The Morgan fingerprint density at radius 1 is 0.935 bits per heavy atom. The molecule has 0 atom stereocenters. The summed E-state index contributed by atoms with van der Waals surface area (Å²) in [6, 6.07) is 15.9. The molecular weight excluding hydrogens is 453 g/mol. The highest BCUT2D eigenvalue weighted by Crippen LogP contribution is 2.31. The first-order valence-corrected chi connectivity index (χ1v) is 10.7. The van der Waals surface area contributed by atoms with E-state index in [1.54, 1.807) is 30.3 Å². The van der Waals surface area contributed by atoms with Crippen molar-refractivity contribution in [3.05, 3.63) is 94.5 Å². The molecule has 0 bridgehead atoms. The molecule has 0 saturated carbocycles. The number of hydrogen-bond donors (Lipinski definition) is 2. The van der Waals surface area contributed by atoms with Gasteiger partial charge in [-0.2, -0.15) is 13.2 Å². The summed E-state index contributed by atoms with van der Waals surface area (Å²) in [6.45, 7) is 0.171. The maximum Gasteiger partial charge on any atom is 0.416 e. The number of alkyl halides is 3. The summed E-state index contributed by atoms with van der Waals surface area (Å²) in [5.41, 5.74) is -0.357. The smallest absolute Gasteiger partial charge is 0.348 e. The van der Waals surface area contributed by atoms with Gasteiger partial charge in [0.2, 0.25) is 0 Å². The van der Waals surface area contributed by atoms with Crippen molar-refractivity contribution in [3.63, 3.8) is 0 Å². The maximum atomic E-state index is 12.9. The summed E-state index contributed by atoms with van der Waals surface area (Å²) in [5.74, 6) is -0.558. The molecular formula is C21H16ClF3N2O3S. The minimum Gasteiger partial charge on any atom is -0.348 e. The molecule has 1 amide bonds. The zero-order valence-electron chi connectivity index (χ0n) is 15.8. The summed E-state index contributed by atoms with van der Waals surface area (Å²) in [5, 5.41) is 3.21. The van der Waals surface area contributed by atoms with E-state index in [2.05, 4.69) is 10.0 Å². The lowest BCUT2D eigenvalue weighted by Gasteiger charge is -2.14. The van der Waals surface area contributed by atoms with Gasteiger partial charge < -0.3 is 5.32 Å². The lowest BCUT2D eigenvalue weighted by Crippen LogP contribution is -2.25. The number of sulfonamides is 1. The van der Waals surface area contributed by atoms with Crippen molar-refractivity contribution in [2.45, 2.75) is 17.6 Å². The Kier molecular flexibility index (Phi) is 6.56. The highest BCUT2D eigenvalue weighted by molar-refractivity contribution is 7.92. The molecule has 0 saturated heterocycles. The second kappa shape index (κ2) is 8.99. The third-order valence-electron chi connectivity index (χ3n) is 4.25. The number of nitrogens with one attached hydrogen (secondary N) is 2. The molecule has 5 nitrogen and oxygen atoms in total. The van der Waals surface area contributed by atoms with Crippen molar-refractivity contribution in [3.8, 4) is 0 Å². The minimum atomic E-state index is -4.69. The summed E-state index contributed by atoms with van der Waals surface area (Å²) in [7, 11) is -4.37. The molecule has 10 heteroatoms. The number of carbonyl (C=O) groups is 1. The molecule has 0 aliphatic rings. The van der Waals surface area contributed by atoms with Crippen LogP contribution in [-0.2, 0) is 22.7 Å². The molecule has 0 spiro atoms. The average molecular weight is 469 g/mol. The second-order valence-electron chi connectivity index (χ2n) is 6.49. The van der Waals surface area contributed by atoms with E-state index < -0.39 is 32.6 Å². The Labute approximate surface area is 181 Å². The number of benzene rings is 3. The van der Waals surface area contributed by atoms with Crippen LogP contribution < -0.4 is 10.0 Å². The van der Waals surface area contributed by atoms with Crippen LogP contribution >= 0.6 is 11.6 Å². The molecule has 3 aromatic carbocycles. The van der Waals surface area contributed by atoms with Crippen LogP contribution in [0.1, 0.15) is 21.5 Å². The van der Waals surface area contributed by atoms with Crippen molar-refractivity contribution in [1.82, 2.24) is 5.32 Å². The molecule has 162 valence electrons. The summed E-state index contributed by atoms with van der Waals surface area (Å²) in [6.07, 6.45) is -4.69. The number of carbonyl (C=O) groups excluding carboxylic acids is 1. The highest BCUT2D eigenvalue weighted by atomic mass is 35.5. The number of anilines is 1. The molecule has 0 radical (unpaired) electrons. The molecule has 2 N–H and O–H groups in total. The van der Waals surface area contributed by atoms with Crippen LogP contribution in [0, 0.1) is 0 Å². The van der Waals surface area contributed by atoms with Crippen LogP contribution in [0.2, 0.25) is 5.02 Å². The third-order valence-corrected chi connectivity index (χ3v) is 5.87. The topological polar surface area (TPSA) is 75.3 Å². The number of amides is 1. The Bertz CT molecular complexity index is 1200. The van der Waals surface area contributed by atoms with Gasteiger partial charge in [-0.05, 0) is 48.0 Å². The zero-order chi connectivity index (χ0) is 22.6. The van der Waals surface area contributed by atoms with Gasteiger partial charge in [0.05, 0.1) is 21.7 Å². The Balaban J connectivity index is 1.81. The Morgan fingerprint density at radius 2 is 1.61 bits per heavy atom. The van der Waals surface area contributed by atoms with E-state index in [-0.39, 0.29) is 17.8 Å². The molecule has 0 heterocycles. The van der Waals surface area contributed by atoms with Gasteiger partial charge in [0, 0.05) is 11.6 Å². The standard InChI is InChI=1S/C21H16ClF3N2O3S/c22-16-10-8-14(9-11-16)13-26-20(28)18-6-1-2-7-19(18)27-31(29,30)17-5-3-4-15(12-17)21(23,24)25/h1-12,27H,13H2,(H,26,28). The fourth-order valence-corrected chi connectivity index (χ4v) is 3.94. The van der Waals surface area contributed by atoms with E-state index in [0.29, 0.717) is 11.1 Å². The number of para-hydroxylation sites is 1. The second-order valence-corrected chi connectivity index (χ2v) is 8.60. The first-order valence-electron chi connectivity index (χ1n) is 8.88. The summed E-state index contributed by atoms with van der Waals surface area (Å²) < 4.78 is 66.3. The van der Waals surface area contributed by atoms with E-state index in [1.807, 2.05) is 0 Å². The molecule has 3 aromatic rings. The first kappa shape index (κ1) is 22.6. The van der Waals surface area contributed by atoms with E-state index in [4.69, 9.17) is 11.6 Å². The van der Waals surface area contributed by atoms with Crippen molar-refractivity contribution in [2.75, 3.05) is 4.72 Å². The van der Waals surface area contributed by atoms with Crippen LogP contribution in [0.5, 0.6) is 0 Å². The normalized spacial score (nSPS) is 11.7. The zero-order valence-corrected chi connectivity index (χ0v) is 17.4. The predicted molar refractivity (Wildman–Crippen MR) is 111 cm³/mol. The molecule has 0 unspecified atom stereocenters. The molecule has 0 aliphatic carbocycles. The first-order chi connectivity index (χ1) is 14.6. The molecule has 31 heavy (non-hydrogen) atoms. The van der Waals surface area contributed by atoms with Gasteiger partial charge in [-0.25, -0.2) is 8.42 Å². The number of rotatable bonds is 6. The van der Waals surface area contributed by atoms with Gasteiger partial charge >= 0.3 is 6.18 Å². The van der Waals surface area contributed by atoms with Crippen LogP contribution in [0.3, 0.4) is 0 Å². The predicted octanol–water partition coefficient (Wildman–Crippen LogP) is 5.09. The van der Waals surface area contributed by atoms with Gasteiger partial charge in [0.15, 0.2) is 0 Å². The van der Waals surface area contributed by atoms with Crippen LogP contribution in [-0.4, -0.2) is 14.3 Å². The summed E-state index contributed by atoms with van der Waals surface area (Å²) in [4.78, 5) is 12.0. The van der Waals surface area contributed by atoms with E-state index in [9.17, 15) is 26.4 Å². The van der Waals surface area contributed by atoms with Gasteiger partial charge in [0.25, 0.3) is 15.9 Å². The average Bonchev–Trinajstić information content (AvgIpc) is 2.73. The Morgan fingerprint density at radius 3 is 2.29 bits per heavy atom. The fraction of sp³-hybridized carbons (Fsp3) is 0.0952. The number of halogens is 4. The monoisotopic (exact) mass is 468 g/mol. The van der Waals surface area contributed by atoms with Crippen molar-refractivity contribution in [2.24, 2.45) is 0 Å². The van der Waals surface area contributed by atoms with Crippen molar-refractivity contribution in [1.29, 1.82) is 0 Å². The molecule has 0 fully saturated rings. The van der Waals surface area contributed by atoms with E-state index >= 15 is 0 Å². The third kappa shape index (κ3) is 5.77. The number of hydrogen-bond acceptors (Lipinski definition) is 3. The lowest BCUT2D eigenvalue weighted by molar-refractivity contribution is -0.137. The van der Waals surface area contributed by atoms with E-state index in [0.717, 1.165) is 23.8 Å². The molecule has 0 aliphatic heterocycles. The van der Waals surface area contributed by atoms with E-state index in [1.165, 1.54) is 18.2 Å². The van der Waals surface area contributed by atoms with Crippen LogP contribution in [0.4, 0.5) is 18.9 Å². The van der Waals surface area contributed by atoms with Crippen molar-refractivity contribution >= 4 is 33.2 Å². The van der Waals surface area contributed by atoms with Gasteiger partial charge in [0.1, 0.15) is 0 Å². The van der Waals surface area contributed by atoms with Gasteiger partial charge in [-0.3, -0.25) is 9.52 Å². The minimum absolute atomic E-state index is 0.0204. The lowest BCUT2D eigenvalue weighted by atomic mass is 10.1. The van der Waals surface area contributed by atoms with Crippen molar-refractivity contribution < 1.29 is 26.4 Å². The SMILES string of the molecule is O=C(NCc1ccc(Cl)cc1)c1ccccc1NS(=O)(=O)c1cccc(C(F)(F)F)c1. The quantitative estimate of drug-likeness (QED) is 0.529. The van der Waals surface area contributed by atoms with Crippen LogP contribution in [0.25, 0.3) is 0 Å².